The van der Waals surface area contributed by atoms with Crippen molar-refractivity contribution in [1.29, 1.82) is 0 Å². The van der Waals surface area contributed by atoms with Crippen molar-refractivity contribution in [3.05, 3.63) is 11.9 Å². The Labute approximate surface area is 110 Å². The predicted octanol–water partition coefficient (Wildman–Crippen LogP) is 4.16. The normalized spacial score (nSPS) is 10.9. The molecule has 0 amide bonds. The smallest absolute Gasteiger partial charge is 0.0974 e. The molecule has 98 valence electrons. The Kier molecular flexibility index (Phi) is 8.06. The van der Waals surface area contributed by atoms with Crippen LogP contribution in [0, 0.1) is 0 Å². The summed E-state index contributed by atoms with van der Waals surface area (Å²) in [5.74, 6) is 0.456. The summed E-state index contributed by atoms with van der Waals surface area (Å²) in [4.78, 5) is 0. The van der Waals surface area contributed by atoms with Crippen molar-refractivity contribution in [1.82, 2.24) is 15.0 Å². The number of alkyl halides is 1. The first-order valence-corrected chi connectivity index (χ1v) is 7.35. The van der Waals surface area contributed by atoms with Gasteiger partial charge in [-0.3, -0.25) is 4.68 Å². The van der Waals surface area contributed by atoms with Gasteiger partial charge in [0.25, 0.3) is 0 Å². The third-order valence-electron chi connectivity index (χ3n) is 2.96. The van der Waals surface area contributed by atoms with Crippen LogP contribution in [0.15, 0.2) is 6.20 Å². The van der Waals surface area contributed by atoms with Gasteiger partial charge < -0.3 is 0 Å². The highest BCUT2D eigenvalue weighted by atomic mass is 35.5. The fourth-order valence-corrected chi connectivity index (χ4v) is 2.04. The Hall–Kier alpha value is -0.570. The van der Waals surface area contributed by atoms with Crippen LogP contribution in [0.2, 0.25) is 0 Å². The molecule has 3 nitrogen and oxygen atoms in total. The highest BCUT2D eigenvalue weighted by molar-refractivity contribution is 6.16. The fourth-order valence-electron chi connectivity index (χ4n) is 1.92. The predicted molar refractivity (Wildman–Crippen MR) is 72.2 cm³/mol. The molecule has 0 saturated carbocycles. The number of rotatable bonds is 10. The van der Waals surface area contributed by atoms with Crippen molar-refractivity contribution in [2.45, 2.75) is 70.7 Å². The number of aromatic nitrogens is 3. The molecule has 0 radical (unpaired) electrons. The van der Waals surface area contributed by atoms with E-state index in [9.17, 15) is 0 Å². The monoisotopic (exact) mass is 257 g/mol. The Morgan fingerprint density at radius 1 is 1.06 bits per heavy atom. The topological polar surface area (TPSA) is 30.7 Å². The van der Waals surface area contributed by atoms with Gasteiger partial charge in [-0.2, -0.15) is 0 Å². The number of aryl methyl sites for hydroxylation is 1. The third-order valence-corrected chi connectivity index (χ3v) is 3.24. The van der Waals surface area contributed by atoms with Crippen LogP contribution in [0.5, 0.6) is 0 Å². The number of hydrogen-bond donors (Lipinski definition) is 0. The van der Waals surface area contributed by atoms with Crippen LogP contribution in [-0.4, -0.2) is 15.0 Å². The minimum Gasteiger partial charge on any atom is -0.252 e. The average molecular weight is 258 g/mol. The molecule has 0 aliphatic heterocycles. The molecule has 0 aromatic carbocycles. The van der Waals surface area contributed by atoms with E-state index in [0.29, 0.717) is 5.88 Å². The van der Waals surface area contributed by atoms with Gasteiger partial charge in [-0.25, -0.2) is 0 Å². The molecule has 1 aromatic rings. The van der Waals surface area contributed by atoms with Crippen molar-refractivity contribution in [2.75, 3.05) is 0 Å². The van der Waals surface area contributed by atoms with Gasteiger partial charge in [-0.15, -0.1) is 16.7 Å². The Bertz CT molecular complexity index is 286. The number of halogens is 1. The first kappa shape index (κ1) is 14.5. The maximum Gasteiger partial charge on any atom is 0.0974 e. The molecule has 0 saturated heterocycles. The van der Waals surface area contributed by atoms with Gasteiger partial charge in [0.2, 0.25) is 0 Å². The molecule has 0 spiro atoms. The van der Waals surface area contributed by atoms with Crippen molar-refractivity contribution in [2.24, 2.45) is 0 Å². The highest BCUT2D eigenvalue weighted by Gasteiger charge is 1.98. The summed E-state index contributed by atoms with van der Waals surface area (Å²) < 4.78 is 1.90. The summed E-state index contributed by atoms with van der Waals surface area (Å²) in [5, 5.41) is 7.99. The lowest BCUT2D eigenvalue weighted by atomic mass is 10.1. The summed E-state index contributed by atoms with van der Waals surface area (Å²) >= 11 is 5.67. The molecule has 0 fully saturated rings. The van der Waals surface area contributed by atoms with E-state index >= 15 is 0 Å². The van der Waals surface area contributed by atoms with Crippen molar-refractivity contribution >= 4 is 11.6 Å². The zero-order valence-corrected chi connectivity index (χ0v) is 11.6. The molecule has 0 aliphatic carbocycles. The largest absolute Gasteiger partial charge is 0.252 e. The summed E-state index contributed by atoms with van der Waals surface area (Å²) in [6, 6.07) is 0. The zero-order chi connectivity index (χ0) is 12.3. The van der Waals surface area contributed by atoms with E-state index in [4.69, 9.17) is 11.6 Å². The van der Waals surface area contributed by atoms with E-state index in [0.717, 1.165) is 12.2 Å². The van der Waals surface area contributed by atoms with E-state index in [1.54, 1.807) is 0 Å². The second-order valence-electron chi connectivity index (χ2n) is 4.58. The van der Waals surface area contributed by atoms with E-state index in [1.807, 2.05) is 10.9 Å². The molecule has 1 heterocycles. The SMILES string of the molecule is CCCCCCCCCCn1cc(CCl)nn1. The molecule has 0 bridgehead atoms. The highest BCUT2D eigenvalue weighted by Crippen LogP contribution is 2.09. The van der Waals surface area contributed by atoms with E-state index in [2.05, 4.69) is 17.2 Å². The zero-order valence-electron chi connectivity index (χ0n) is 10.9. The summed E-state index contributed by atoms with van der Waals surface area (Å²) in [7, 11) is 0. The Morgan fingerprint density at radius 3 is 2.29 bits per heavy atom. The molecule has 1 rings (SSSR count). The standard InChI is InChI=1S/C13H24ClN3/c1-2-3-4-5-6-7-8-9-10-17-12-13(11-14)15-16-17/h12H,2-11H2,1H3. The van der Waals surface area contributed by atoms with Crippen LogP contribution in [0.25, 0.3) is 0 Å². The lowest BCUT2D eigenvalue weighted by Gasteiger charge is -2.01. The minimum absolute atomic E-state index is 0.456. The van der Waals surface area contributed by atoms with Crippen LogP contribution in [0.4, 0.5) is 0 Å². The van der Waals surface area contributed by atoms with Gasteiger partial charge in [0.05, 0.1) is 11.6 Å². The van der Waals surface area contributed by atoms with Gasteiger partial charge in [-0.1, -0.05) is 57.1 Å². The minimum atomic E-state index is 0.456. The quantitative estimate of drug-likeness (QED) is 0.466. The number of hydrogen-bond acceptors (Lipinski definition) is 2. The van der Waals surface area contributed by atoms with Gasteiger partial charge in [0.15, 0.2) is 0 Å². The van der Waals surface area contributed by atoms with Crippen molar-refractivity contribution in [3.63, 3.8) is 0 Å². The summed E-state index contributed by atoms with van der Waals surface area (Å²) in [6.07, 6.45) is 12.7. The van der Waals surface area contributed by atoms with E-state index < -0.39 is 0 Å². The molecule has 17 heavy (non-hydrogen) atoms. The molecule has 0 atom stereocenters. The molecular weight excluding hydrogens is 234 g/mol. The molecule has 0 aliphatic rings. The van der Waals surface area contributed by atoms with Crippen LogP contribution in [-0.2, 0) is 12.4 Å². The van der Waals surface area contributed by atoms with Crippen molar-refractivity contribution in [3.8, 4) is 0 Å². The first-order chi connectivity index (χ1) is 8.36. The first-order valence-electron chi connectivity index (χ1n) is 6.81. The molecular formula is C13H24ClN3. The van der Waals surface area contributed by atoms with Gasteiger partial charge in [0, 0.05) is 12.7 Å². The average Bonchev–Trinajstić information content (AvgIpc) is 2.80. The molecule has 0 unspecified atom stereocenters. The molecule has 0 N–H and O–H groups in total. The van der Waals surface area contributed by atoms with Crippen LogP contribution in [0.3, 0.4) is 0 Å². The number of unbranched alkanes of at least 4 members (excludes halogenated alkanes) is 7. The maximum absolute atomic E-state index is 5.67. The molecule has 4 heteroatoms. The lowest BCUT2D eigenvalue weighted by Crippen LogP contribution is -1.98. The van der Waals surface area contributed by atoms with Gasteiger partial charge in [0.1, 0.15) is 0 Å². The second kappa shape index (κ2) is 9.46. The lowest BCUT2D eigenvalue weighted by molar-refractivity contribution is 0.511. The van der Waals surface area contributed by atoms with Crippen LogP contribution >= 0.6 is 11.6 Å². The molecule has 1 aromatic heterocycles. The Balaban J connectivity index is 1.93. The summed E-state index contributed by atoms with van der Waals surface area (Å²) in [5.41, 5.74) is 0.867. The maximum atomic E-state index is 5.67. The van der Waals surface area contributed by atoms with Gasteiger partial charge in [-0.05, 0) is 6.42 Å². The second-order valence-corrected chi connectivity index (χ2v) is 4.85. The summed E-state index contributed by atoms with van der Waals surface area (Å²) in [6.45, 7) is 3.23. The van der Waals surface area contributed by atoms with Crippen molar-refractivity contribution < 1.29 is 0 Å². The van der Waals surface area contributed by atoms with E-state index in [-0.39, 0.29) is 0 Å². The van der Waals surface area contributed by atoms with Crippen LogP contribution < -0.4 is 0 Å². The third kappa shape index (κ3) is 6.67. The Morgan fingerprint density at radius 2 is 1.71 bits per heavy atom. The fraction of sp³-hybridized carbons (Fsp3) is 0.846. The van der Waals surface area contributed by atoms with Crippen LogP contribution in [0.1, 0.15) is 64.0 Å². The number of nitrogens with zero attached hydrogens (tertiary/aromatic N) is 3. The van der Waals surface area contributed by atoms with E-state index in [1.165, 1.54) is 51.4 Å². The van der Waals surface area contributed by atoms with Gasteiger partial charge >= 0.3 is 0 Å².